The van der Waals surface area contributed by atoms with Gasteiger partial charge in [0.15, 0.2) is 0 Å². The highest BCUT2D eigenvalue weighted by molar-refractivity contribution is 5.44. The summed E-state index contributed by atoms with van der Waals surface area (Å²) < 4.78 is 6.48. The SMILES string of the molecule is CCCCCCCCCc1ccc2c(c1)OC(C)(C)[C@@H]1CC=C(CO)C[C@@H]21. The number of fused-ring (bicyclic) bond motifs is 3. The van der Waals surface area contributed by atoms with E-state index in [1.807, 2.05) is 0 Å². The number of unbranched alkanes of at least 4 members (excludes halogenated alkanes) is 6. The van der Waals surface area contributed by atoms with Crippen LogP contribution >= 0.6 is 0 Å². The van der Waals surface area contributed by atoms with Crippen molar-refractivity contribution in [1.82, 2.24) is 0 Å². The quantitative estimate of drug-likeness (QED) is 0.394. The van der Waals surface area contributed by atoms with E-state index in [0.29, 0.717) is 11.8 Å². The summed E-state index contributed by atoms with van der Waals surface area (Å²) in [7, 11) is 0. The fraction of sp³-hybridized carbons (Fsp3) is 0.680. The van der Waals surface area contributed by atoms with Crippen LogP contribution in [0.1, 0.15) is 95.6 Å². The molecule has 27 heavy (non-hydrogen) atoms. The Balaban J connectivity index is 1.62. The molecule has 1 aliphatic carbocycles. The maximum atomic E-state index is 9.59. The predicted octanol–water partition coefficient (Wildman–Crippen LogP) is 6.56. The van der Waals surface area contributed by atoms with E-state index in [9.17, 15) is 5.11 Å². The van der Waals surface area contributed by atoms with Crippen LogP contribution in [-0.4, -0.2) is 17.3 Å². The van der Waals surface area contributed by atoms with Crippen molar-refractivity contribution in [2.24, 2.45) is 5.92 Å². The third-order valence-corrected chi connectivity index (χ3v) is 6.64. The van der Waals surface area contributed by atoms with E-state index in [1.165, 1.54) is 61.6 Å². The highest BCUT2D eigenvalue weighted by Crippen LogP contribution is 2.51. The van der Waals surface area contributed by atoms with Crippen molar-refractivity contribution in [2.75, 3.05) is 6.61 Å². The number of aryl methyl sites for hydroxylation is 1. The largest absolute Gasteiger partial charge is 0.487 e. The van der Waals surface area contributed by atoms with E-state index >= 15 is 0 Å². The van der Waals surface area contributed by atoms with Gasteiger partial charge in [-0.25, -0.2) is 0 Å². The third kappa shape index (κ3) is 4.96. The van der Waals surface area contributed by atoms with E-state index in [0.717, 1.165) is 25.0 Å². The molecular formula is C25H38O2. The summed E-state index contributed by atoms with van der Waals surface area (Å²) in [6.45, 7) is 6.93. The zero-order valence-corrected chi connectivity index (χ0v) is 17.6. The average Bonchev–Trinajstić information content (AvgIpc) is 2.66. The van der Waals surface area contributed by atoms with E-state index in [4.69, 9.17) is 4.74 Å². The van der Waals surface area contributed by atoms with Gasteiger partial charge >= 0.3 is 0 Å². The van der Waals surface area contributed by atoms with E-state index in [-0.39, 0.29) is 12.2 Å². The molecule has 0 saturated carbocycles. The van der Waals surface area contributed by atoms with Crippen molar-refractivity contribution in [3.8, 4) is 5.75 Å². The Kier molecular flexibility index (Phi) is 7.03. The molecule has 1 aliphatic heterocycles. The fourth-order valence-corrected chi connectivity index (χ4v) is 4.96. The summed E-state index contributed by atoms with van der Waals surface area (Å²) >= 11 is 0. The number of aliphatic hydroxyl groups excluding tert-OH is 1. The molecule has 2 atom stereocenters. The van der Waals surface area contributed by atoms with Crippen LogP contribution in [-0.2, 0) is 6.42 Å². The van der Waals surface area contributed by atoms with Gasteiger partial charge in [0.2, 0.25) is 0 Å². The first-order chi connectivity index (χ1) is 13.0. The van der Waals surface area contributed by atoms with Crippen LogP contribution in [0.2, 0.25) is 0 Å². The molecule has 0 unspecified atom stereocenters. The van der Waals surface area contributed by atoms with Gasteiger partial charge < -0.3 is 9.84 Å². The highest BCUT2D eigenvalue weighted by atomic mass is 16.5. The Hall–Kier alpha value is -1.28. The Morgan fingerprint density at radius 1 is 1.07 bits per heavy atom. The minimum absolute atomic E-state index is 0.146. The molecule has 0 fully saturated rings. The molecule has 3 rings (SSSR count). The summed E-state index contributed by atoms with van der Waals surface area (Å²) in [5, 5.41) is 9.59. The molecular weight excluding hydrogens is 332 g/mol. The van der Waals surface area contributed by atoms with Crippen LogP contribution in [0.5, 0.6) is 5.75 Å². The van der Waals surface area contributed by atoms with Crippen LogP contribution < -0.4 is 4.74 Å². The summed E-state index contributed by atoms with van der Waals surface area (Å²) in [4.78, 5) is 0. The lowest BCUT2D eigenvalue weighted by Gasteiger charge is -2.47. The van der Waals surface area contributed by atoms with Gasteiger partial charge in [-0.15, -0.1) is 0 Å². The number of hydrogen-bond acceptors (Lipinski definition) is 2. The van der Waals surface area contributed by atoms with Crippen molar-refractivity contribution < 1.29 is 9.84 Å². The molecule has 1 aromatic carbocycles. The van der Waals surface area contributed by atoms with Gasteiger partial charge in [-0.3, -0.25) is 0 Å². The monoisotopic (exact) mass is 370 g/mol. The molecule has 1 N–H and O–H groups in total. The zero-order valence-electron chi connectivity index (χ0n) is 17.6. The van der Waals surface area contributed by atoms with Crippen LogP contribution in [0.3, 0.4) is 0 Å². The average molecular weight is 371 g/mol. The van der Waals surface area contributed by atoms with Gasteiger partial charge in [-0.1, -0.05) is 63.7 Å². The first-order valence-electron chi connectivity index (χ1n) is 11.2. The first kappa shape index (κ1) is 20.5. The van der Waals surface area contributed by atoms with Crippen LogP contribution in [0, 0.1) is 5.92 Å². The summed E-state index contributed by atoms with van der Waals surface area (Å²) in [5.74, 6) is 2.05. The minimum Gasteiger partial charge on any atom is -0.487 e. The predicted molar refractivity (Wildman–Crippen MR) is 113 cm³/mol. The van der Waals surface area contributed by atoms with Gasteiger partial charge in [0.25, 0.3) is 0 Å². The van der Waals surface area contributed by atoms with E-state index < -0.39 is 0 Å². The van der Waals surface area contributed by atoms with Crippen LogP contribution in [0.25, 0.3) is 0 Å². The van der Waals surface area contributed by atoms with Gasteiger partial charge in [-0.2, -0.15) is 0 Å². The molecule has 0 radical (unpaired) electrons. The molecule has 1 aromatic rings. The number of benzene rings is 1. The standard InChI is InChI=1S/C25H38O2/c1-4-5-6-7-8-9-10-11-19-12-14-21-22-16-20(18-26)13-15-23(22)25(2,3)27-24(21)17-19/h12-14,17,22-23,26H,4-11,15-16,18H2,1-3H3/t22-,23+/m0/s1. The number of ether oxygens (including phenoxy) is 1. The Morgan fingerprint density at radius 3 is 2.56 bits per heavy atom. The molecule has 0 amide bonds. The summed E-state index contributed by atoms with van der Waals surface area (Å²) in [5.41, 5.74) is 3.80. The first-order valence-corrected chi connectivity index (χ1v) is 11.2. The molecule has 1 heterocycles. The smallest absolute Gasteiger partial charge is 0.123 e. The molecule has 2 nitrogen and oxygen atoms in total. The second kappa shape index (κ2) is 9.28. The highest BCUT2D eigenvalue weighted by Gasteiger charge is 2.44. The zero-order chi connectivity index (χ0) is 19.3. The lowest BCUT2D eigenvalue weighted by Crippen LogP contribution is -2.45. The molecule has 2 aliphatic rings. The van der Waals surface area contributed by atoms with Gasteiger partial charge in [0, 0.05) is 5.92 Å². The molecule has 2 heteroatoms. The third-order valence-electron chi connectivity index (χ3n) is 6.64. The number of rotatable bonds is 9. The van der Waals surface area contributed by atoms with Gasteiger partial charge in [0.05, 0.1) is 6.61 Å². The lowest BCUT2D eigenvalue weighted by atomic mass is 9.67. The second-order valence-corrected chi connectivity index (χ2v) is 9.12. The van der Waals surface area contributed by atoms with Gasteiger partial charge in [0.1, 0.15) is 11.4 Å². The molecule has 0 aromatic heterocycles. The van der Waals surface area contributed by atoms with Crippen molar-refractivity contribution in [2.45, 2.75) is 96.5 Å². The minimum atomic E-state index is -0.146. The number of aliphatic hydroxyl groups is 1. The molecule has 0 saturated heterocycles. The molecule has 150 valence electrons. The Bertz CT molecular complexity index is 644. The Morgan fingerprint density at radius 2 is 1.81 bits per heavy atom. The summed E-state index contributed by atoms with van der Waals surface area (Å²) in [6, 6.07) is 6.91. The number of allylic oxidation sites excluding steroid dienone is 1. The normalized spacial score (nSPS) is 23.2. The van der Waals surface area contributed by atoms with Crippen molar-refractivity contribution in [3.05, 3.63) is 41.0 Å². The molecule has 0 spiro atoms. The molecule has 0 bridgehead atoms. The van der Waals surface area contributed by atoms with Crippen LogP contribution in [0.15, 0.2) is 29.8 Å². The van der Waals surface area contributed by atoms with Crippen molar-refractivity contribution in [1.29, 1.82) is 0 Å². The Labute approximate surface area is 166 Å². The maximum absolute atomic E-state index is 9.59. The summed E-state index contributed by atoms with van der Waals surface area (Å²) in [6.07, 6.45) is 14.8. The van der Waals surface area contributed by atoms with E-state index in [1.54, 1.807) is 0 Å². The van der Waals surface area contributed by atoms with Gasteiger partial charge in [-0.05, 0) is 68.2 Å². The fourth-order valence-electron chi connectivity index (χ4n) is 4.96. The van der Waals surface area contributed by atoms with Crippen molar-refractivity contribution >= 4 is 0 Å². The van der Waals surface area contributed by atoms with Crippen LogP contribution in [0.4, 0.5) is 0 Å². The topological polar surface area (TPSA) is 29.5 Å². The maximum Gasteiger partial charge on any atom is 0.123 e. The van der Waals surface area contributed by atoms with E-state index in [2.05, 4.69) is 45.0 Å². The lowest BCUT2D eigenvalue weighted by molar-refractivity contribution is 0.00769. The second-order valence-electron chi connectivity index (χ2n) is 9.12. The van der Waals surface area contributed by atoms with Crippen molar-refractivity contribution in [3.63, 3.8) is 0 Å². The number of hydrogen-bond donors (Lipinski definition) is 1.